The van der Waals surface area contributed by atoms with Crippen molar-refractivity contribution in [2.45, 2.75) is 38.8 Å². The predicted molar refractivity (Wildman–Crippen MR) is 61.4 cm³/mol. The molecule has 16 heavy (non-hydrogen) atoms. The number of aromatic nitrogens is 1. The van der Waals surface area contributed by atoms with Gasteiger partial charge in [0.25, 0.3) is 0 Å². The lowest BCUT2D eigenvalue weighted by atomic mass is 10.0. The van der Waals surface area contributed by atoms with Crippen LogP contribution in [0, 0.1) is 5.82 Å². The van der Waals surface area contributed by atoms with Crippen molar-refractivity contribution >= 4 is 0 Å². The van der Waals surface area contributed by atoms with Gasteiger partial charge in [-0.2, -0.15) is 0 Å². The van der Waals surface area contributed by atoms with Crippen LogP contribution in [-0.4, -0.2) is 17.7 Å². The summed E-state index contributed by atoms with van der Waals surface area (Å²) in [5, 5.41) is 0. The highest BCUT2D eigenvalue weighted by molar-refractivity contribution is 5.16. The average Bonchev–Trinajstić information content (AvgIpc) is 2.28. The van der Waals surface area contributed by atoms with Gasteiger partial charge in [0.05, 0.1) is 18.3 Å². The monoisotopic (exact) mass is 226 g/mol. The molecule has 1 aromatic rings. The van der Waals surface area contributed by atoms with E-state index < -0.39 is 0 Å². The van der Waals surface area contributed by atoms with E-state index in [1.54, 1.807) is 6.20 Å². The summed E-state index contributed by atoms with van der Waals surface area (Å²) in [7, 11) is 0. The van der Waals surface area contributed by atoms with Crippen molar-refractivity contribution in [1.29, 1.82) is 0 Å². The number of pyridine rings is 1. The minimum Gasteiger partial charge on any atom is -0.377 e. The molecule has 90 valence electrons. The fraction of sp³-hybridized carbons (Fsp3) is 0.583. The Balaban J connectivity index is 2.76. The van der Waals surface area contributed by atoms with Crippen LogP contribution in [0.2, 0.25) is 0 Å². The molecule has 1 aromatic heterocycles. The third kappa shape index (κ3) is 3.54. The Kier molecular flexibility index (Phi) is 5.35. The van der Waals surface area contributed by atoms with Gasteiger partial charge in [-0.15, -0.1) is 0 Å². The van der Waals surface area contributed by atoms with Gasteiger partial charge in [0, 0.05) is 12.8 Å². The largest absolute Gasteiger partial charge is 0.377 e. The maximum absolute atomic E-state index is 13.0. The normalized spacial score (nSPS) is 14.8. The number of halogens is 1. The van der Waals surface area contributed by atoms with E-state index in [-0.39, 0.29) is 18.0 Å². The molecule has 0 aromatic carbocycles. The molecule has 0 fully saturated rings. The summed E-state index contributed by atoms with van der Waals surface area (Å²) >= 11 is 0. The van der Waals surface area contributed by atoms with Crippen molar-refractivity contribution in [2.24, 2.45) is 5.73 Å². The maximum atomic E-state index is 13.0. The molecular formula is C12H19FN2O. The summed E-state index contributed by atoms with van der Waals surface area (Å²) < 4.78 is 18.6. The van der Waals surface area contributed by atoms with E-state index >= 15 is 0 Å². The molecule has 0 amide bonds. The third-order valence-corrected chi connectivity index (χ3v) is 2.47. The van der Waals surface area contributed by atoms with Gasteiger partial charge in [0.1, 0.15) is 5.82 Å². The summed E-state index contributed by atoms with van der Waals surface area (Å²) in [5.74, 6) is -0.361. The number of nitrogens with zero attached hydrogens (tertiary/aromatic N) is 1. The molecule has 0 aliphatic rings. The highest BCUT2D eigenvalue weighted by Crippen LogP contribution is 2.20. The van der Waals surface area contributed by atoms with Crippen LogP contribution >= 0.6 is 0 Å². The molecule has 1 rings (SSSR count). The Morgan fingerprint density at radius 2 is 2.19 bits per heavy atom. The highest BCUT2D eigenvalue weighted by Gasteiger charge is 2.19. The van der Waals surface area contributed by atoms with Gasteiger partial charge in [-0.3, -0.25) is 4.98 Å². The Bertz CT molecular complexity index is 314. The van der Waals surface area contributed by atoms with E-state index in [0.29, 0.717) is 12.2 Å². The Morgan fingerprint density at radius 3 is 2.75 bits per heavy atom. The summed E-state index contributed by atoms with van der Waals surface area (Å²) in [6.45, 7) is 4.61. The van der Waals surface area contributed by atoms with Crippen LogP contribution in [-0.2, 0) is 4.74 Å². The molecule has 0 saturated heterocycles. The fourth-order valence-corrected chi connectivity index (χ4v) is 1.69. The van der Waals surface area contributed by atoms with Gasteiger partial charge in [-0.1, -0.05) is 13.3 Å². The van der Waals surface area contributed by atoms with Crippen LogP contribution in [0.5, 0.6) is 0 Å². The summed E-state index contributed by atoms with van der Waals surface area (Å²) in [6, 6.07) is 1.10. The second kappa shape index (κ2) is 6.55. The maximum Gasteiger partial charge on any atom is 0.141 e. The van der Waals surface area contributed by atoms with Crippen LogP contribution in [0.15, 0.2) is 18.5 Å². The highest BCUT2D eigenvalue weighted by atomic mass is 19.1. The molecule has 1 heterocycles. The predicted octanol–water partition coefficient (Wildman–Crippen LogP) is 2.43. The standard InChI is InChI=1S/C12H19FN2O/c1-3-5-11(16-4-2)12(14)9-6-10(13)8-15-7-9/h6-8,11-12H,3-5,14H2,1-2H3. The molecule has 0 radical (unpaired) electrons. The van der Waals surface area contributed by atoms with Crippen molar-refractivity contribution in [2.75, 3.05) is 6.61 Å². The smallest absolute Gasteiger partial charge is 0.141 e. The topological polar surface area (TPSA) is 48.1 Å². The van der Waals surface area contributed by atoms with Gasteiger partial charge < -0.3 is 10.5 Å². The van der Waals surface area contributed by atoms with Crippen molar-refractivity contribution < 1.29 is 9.13 Å². The van der Waals surface area contributed by atoms with Crippen LogP contribution in [0.25, 0.3) is 0 Å². The first-order valence-electron chi connectivity index (χ1n) is 5.66. The van der Waals surface area contributed by atoms with E-state index in [2.05, 4.69) is 11.9 Å². The lowest BCUT2D eigenvalue weighted by Crippen LogP contribution is -2.29. The molecule has 0 saturated carbocycles. The molecule has 0 spiro atoms. The first-order chi connectivity index (χ1) is 7.69. The second-order valence-electron chi connectivity index (χ2n) is 3.74. The second-order valence-corrected chi connectivity index (χ2v) is 3.74. The van der Waals surface area contributed by atoms with Gasteiger partial charge in [-0.25, -0.2) is 4.39 Å². The summed E-state index contributed by atoms with van der Waals surface area (Å²) in [6.07, 6.45) is 4.55. The first kappa shape index (κ1) is 13.1. The molecule has 2 atom stereocenters. The van der Waals surface area contributed by atoms with Crippen molar-refractivity contribution in [1.82, 2.24) is 4.98 Å². The zero-order valence-corrected chi connectivity index (χ0v) is 9.82. The van der Waals surface area contributed by atoms with Crippen LogP contribution in [0.3, 0.4) is 0 Å². The zero-order valence-electron chi connectivity index (χ0n) is 9.82. The van der Waals surface area contributed by atoms with Crippen LogP contribution in [0.4, 0.5) is 4.39 Å². The van der Waals surface area contributed by atoms with Crippen LogP contribution in [0.1, 0.15) is 38.3 Å². The van der Waals surface area contributed by atoms with Gasteiger partial charge in [0.2, 0.25) is 0 Å². The lowest BCUT2D eigenvalue weighted by Gasteiger charge is -2.23. The molecule has 2 N–H and O–H groups in total. The Morgan fingerprint density at radius 1 is 1.44 bits per heavy atom. The van der Waals surface area contributed by atoms with E-state index in [4.69, 9.17) is 10.5 Å². The number of rotatable bonds is 6. The Hall–Kier alpha value is -1.00. The van der Waals surface area contributed by atoms with Crippen molar-refractivity contribution in [3.8, 4) is 0 Å². The molecule has 4 heteroatoms. The van der Waals surface area contributed by atoms with E-state index in [1.165, 1.54) is 12.3 Å². The minimum absolute atomic E-state index is 0.0707. The fourth-order valence-electron chi connectivity index (χ4n) is 1.69. The van der Waals surface area contributed by atoms with Crippen molar-refractivity contribution in [3.63, 3.8) is 0 Å². The summed E-state index contributed by atoms with van der Waals surface area (Å²) in [4.78, 5) is 3.80. The van der Waals surface area contributed by atoms with E-state index in [9.17, 15) is 4.39 Å². The molecule has 0 bridgehead atoms. The Labute approximate surface area is 95.8 Å². The molecule has 0 aliphatic heterocycles. The molecule has 3 nitrogen and oxygen atoms in total. The number of hydrogen-bond donors (Lipinski definition) is 1. The molecule has 2 unspecified atom stereocenters. The number of nitrogens with two attached hydrogens (primary N) is 1. The van der Waals surface area contributed by atoms with E-state index in [0.717, 1.165) is 12.8 Å². The minimum atomic E-state index is -0.361. The van der Waals surface area contributed by atoms with Crippen molar-refractivity contribution in [3.05, 3.63) is 29.8 Å². The van der Waals surface area contributed by atoms with E-state index in [1.807, 2.05) is 6.92 Å². The molecule has 0 aliphatic carbocycles. The zero-order chi connectivity index (χ0) is 12.0. The molecular weight excluding hydrogens is 207 g/mol. The number of ether oxygens (including phenoxy) is 1. The lowest BCUT2D eigenvalue weighted by molar-refractivity contribution is 0.0373. The SMILES string of the molecule is CCCC(OCC)C(N)c1cncc(F)c1. The average molecular weight is 226 g/mol. The quantitative estimate of drug-likeness (QED) is 0.810. The van der Waals surface area contributed by atoms with Gasteiger partial charge in [0.15, 0.2) is 0 Å². The summed E-state index contributed by atoms with van der Waals surface area (Å²) in [5.41, 5.74) is 6.74. The first-order valence-corrected chi connectivity index (χ1v) is 5.66. The third-order valence-electron chi connectivity index (χ3n) is 2.47. The van der Waals surface area contributed by atoms with Crippen LogP contribution < -0.4 is 5.73 Å². The van der Waals surface area contributed by atoms with Gasteiger partial charge in [-0.05, 0) is 25.0 Å². The van der Waals surface area contributed by atoms with Gasteiger partial charge >= 0.3 is 0 Å². The number of hydrogen-bond acceptors (Lipinski definition) is 3.